The number of rotatable bonds is 7. The second-order valence-corrected chi connectivity index (χ2v) is 2.81. The summed E-state index contributed by atoms with van der Waals surface area (Å²) >= 11 is 0. The minimum Gasteiger partial charge on any atom is -0.466 e. The van der Waals surface area contributed by atoms with E-state index in [1.165, 1.54) is 0 Å². The summed E-state index contributed by atoms with van der Waals surface area (Å²) in [6.07, 6.45) is 0.603. The Hall–Kier alpha value is -0.610. The maximum Gasteiger partial charge on any atom is 0.307 e. The van der Waals surface area contributed by atoms with Crippen LogP contribution in [0, 0.1) is 0 Å². The Morgan fingerprint density at radius 1 is 1.54 bits per heavy atom. The van der Waals surface area contributed by atoms with Crippen LogP contribution < -0.4 is 5.32 Å². The van der Waals surface area contributed by atoms with Gasteiger partial charge in [-0.2, -0.15) is 0 Å². The molecule has 0 amide bonds. The van der Waals surface area contributed by atoms with Gasteiger partial charge in [0.2, 0.25) is 0 Å². The average molecular weight is 189 g/mol. The van der Waals surface area contributed by atoms with E-state index in [2.05, 4.69) is 5.32 Å². The highest BCUT2D eigenvalue weighted by Gasteiger charge is 2.01. The molecule has 0 radical (unpaired) electrons. The van der Waals surface area contributed by atoms with Gasteiger partial charge in [-0.05, 0) is 13.8 Å². The van der Waals surface area contributed by atoms with Crippen LogP contribution in [0.1, 0.15) is 20.3 Å². The molecule has 4 heteroatoms. The highest BCUT2D eigenvalue weighted by Crippen LogP contribution is 1.86. The van der Waals surface area contributed by atoms with Crippen molar-refractivity contribution < 1.29 is 14.3 Å². The SMILES string of the molecule is CCOC(=O)CCNCC(C)OC. The first-order valence-electron chi connectivity index (χ1n) is 4.59. The molecule has 1 atom stereocenters. The molecule has 0 aromatic rings. The maximum absolute atomic E-state index is 10.9. The number of hydrogen-bond donors (Lipinski definition) is 1. The lowest BCUT2D eigenvalue weighted by Gasteiger charge is -2.09. The van der Waals surface area contributed by atoms with Gasteiger partial charge in [-0.15, -0.1) is 0 Å². The molecule has 1 N–H and O–H groups in total. The molecule has 4 nitrogen and oxygen atoms in total. The Morgan fingerprint density at radius 3 is 2.77 bits per heavy atom. The molecular weight excluding hydrogens is 170 g/mol. The molecule has 0 rings (SSSR count). The molecule has 13 heavy (non-hydrogen) atoms. The minimum absolute atomic E-state index is 0.153. The molecule has 78 valence electrons. The van der Waals surface area contributed by atoms with Crippen LogP contribution in [0.2, 0.25) is 0 Å². The van der Waals surface area contributed by atoms with Gasteiger partial charge in [-0.1, -0.05) is 0 Å². The second kappa shape index (κ2) is 8.01. The highest BCUT2D eigenvalue weighted by molar-refractivity contribution is 5.69. The fourth-order valence-corrected chi connectivity index (χ4v) is 0.812. The monoisotopic (exact) mass is 189 g/mol. The summed E-state index contributed by atoms with van der Waals surface area (Å²) in [5.74, 6) is -0.153. The van der Waals surface area contributed by atoms with Gasteiger partial charge in [-0.25, -0.2) is 0 Å². The molecule has 0 heterocycles. The fourth-order valence-electron chi connectivity index (χ4n) is 0.812. The van der Waals surface area contributed by atoms with E-state index in [1.807, 2.05) is 6.92 Å². The van der Waals surface area contributed by atoms with Crippen molar-refractivity contribution in [1.82, 2.24) is 5.32 Å². The number of carbonyl (C=O) groups is 1. The lowest BCUT2D eigenvalue weighted by molar-refractivity contribution is -0.143. The van der Waals surface area contributed by atoms with Crippen molar-refractivity contribution in [2.75, 3.05) is 26.8 Å². The summed E-state index contributed by atoms with van der Waals surface area (Å²) < 4.78 is 9.79. The molecule has 0 aliphatic carbocycles. The third kappa shape index (κ3) is 7.74. The Labute approximate surface area is 79.6 Å². The van der Waals surface area contributed by atoms with E-state index in [9.17, 15) is 4.79 Å². The highest BCUT2D eigenvalue weighted by atomic mass is 16.5. The smallest absolute Gasteiger partial charge is 0.307 e. The van der Waals surface area contributed by atoms with Gasteiger partial charge in [-0.3, -0.25) is 4.79 Å². The van der Waals surface area contributed by atoms with Crippen molar-refractivity contribution in [2.45, 2.75) is 26.4 Å². The summed E-state index contributed by atoms with van der Waals surface area (Å²) in [6, 6.07) is 0. The standard InChI is InChI=1S/C9H19NO3/c1-4-13-9(11)5-6-10-7-8(2)12-3/h8,10H,4-7H2,1-3H3. The molecule has 0 aromatic carbocycles. The summed E-state index contributed by atoms with van der Waals surface area (Å²) in [4.78, 5) is 10.9. The zero-order valence-electron chi connectivity index (χ0n) is 8.63. The molecule has 0 fully saturated rings. The van der Waals surface area contributed by atoms with Crippen LogP contribution in [0.3, 0.4) is 0 Å². The van der Waals surface area contributed by atoms with Crippen molar-refractivity contribution in [1.29, 1.82) is 0 Å². The summed E-state index contributed by atoms with van der Waals surface area (Å²) in [7, 11) is 1.66. The van der Waals surface area contributed by atoms with Gasteiger partial charge in [0.05, 0.1) is 19.1 Å². The van der Waals surface area contributed by atoms with Gasteiger partial charge in [0.1, 0.15) is 0 Å². The zero-order chi connectivity index (χ0) is 10.1. The van der Waals surface area contributed by atoms with Crippen molar-refractivity contribution >= 4 is 5.97 Å². The molecule has 1 unspecified atom stereocenters. The molecule has 0 aliphatic heterocycles. The number of esters is 1. The van der Waals surface area contributed by atoms with Crippen molar-refractivity contribution in [3.05, 3.63) is 0 Å². The average Bonchev–Trinajstić information content (AvgIpc) is 2.12. The molecule has 0 aromatic heterocycles. The Bertz CT molecular complexity index is 139. The normalized spacial score (nSPS) is 12.5. The Morgan fingerprint density at radius 2 is 2.23 bits per heavy atom. The quantitative estimate of drug-likeness (QED) is 0.469. The first-order chi connectivity index (χ1) is 6.20. The van der Waals surface area contributed by atoms with E-state index in [0.29, 0.717) is 19.6 Å². The predicted molar refractivity (Wildman–Crippen MR) is 50.6 cm³/mol. The van der Waals surface area contributed by atoms with Gasteiger partial charge in [0.15, 0.2) is 0 Å². The van der Waals surface area contributed by atoms with E-state index >= 15 is 0 Å². The van der Waals surface area contributed by atoms with E-state index < -0.39 is 0 Å². The number of methoxy groups -OCH3 is 1. The molecule has 0 spiro atoms. The van der Waals surface area contributed by atoms with Gasteiger partial charge in [0, 0.05) is 20.2 Å². The summed E-state index contributed by atoms with van der Waals surface area (Å²) in [6.45, 7) is 5.63. The van der Waals surface area contributed by atoms with Gasteiger partial charge in [0.25, 0.3) is 0 Å². The third-order valence-electron chi connectivity index (χ3n) is 1.65. The predicted octanol–water partition coefficient (Wildman–Crippen LogP) is 0.564. The van der Waals surface area contributed by atoms with Crippen LogP contribution in [-0.4, -0.2) is 38.9 Å². The lowest BCUT2D eigenvalue weighted by Crippen LogP contribution is -2.28. The van der Waals surface area contributed by atoms with Gasteiger partial charge < -0.3 is 14.8 Å². The maximum atomic E-state index is 10.9. The van der Waals surface area contributed by atoms with Crippen LogP contribution in [0.25, 0.3) is 0 Å². The van der Waals surface area contributed by atoms with Crippen LogP contribution in [-0.2, 0) is 14.3 Å². The zero-order valence-corrected chi connectivity index (χ0v) is 8.63. The van der Waals surface area contributed by atoms with Crippen molar-refractivity contribution in [2.24, 2.45) is 0 Å². The van der Waals surface area contributed by atoms with Crippen LogP contribution >= 0.6 is 0 Å². The third-order valence-corrected chi connectivity index (χ3v) is 1.65. The number of hydrogen-bond acceptors (Lipinski definition) is 4. The van der Waals surface area contributed by atoms with E-state index in [1.54, 1.807) is 14.0 Å². The largest absolute Gasteiger partial charge is 0.466 e. The number of nitrogens with one attached hydrogen (secondary N) is 1. The minimum atomic E-state index is -0.153. The Kier molecular flexibility index (Phi) is 7.63. The van der Waals surface area contributed by atoms with Crippen LogP contribution in [0.4, 0.5) is 0 Å². The Balaban J connectivity index is 3.20. The van der Waals surface area contributed by atoms with Crippen LogP contribution in [0.5, 0.6) is 0 Å². The lowest BCUT2D eigenvalue weighted by atomic mass is 10.3. The first-order valence-corrected chi connectivity index (χ1v) is 4.59. The van der Waals surface area contributed by atoms with Crippen LogP contribution in [0.15, 0.2) is 0 Å². The van der Waals surface area contributed by atoms with Crippen molar-refractivity contribution in [3.63, 3.8) is 0 Å². The molecule has 0 saturated heterocycles. The molecule has 0 aliphatic rings. The second-order valence-electron chi connectivity index (χ2n) is 2.81. The summed E-state index contributed by atoms with van der Waals surface area (Å²) in [5.41, 5.74) is 0. The number of ether oxygens (including phenoxy) is 2. The molecular formula is C9H19NO3. The summed E-state index contributed by atoms with van der Waals surface area (Å²) in [5, 5.41) is 3.10. The number of carbonyl (C=O) groups excluding carboxylic acids is 1. The molecule has 0 bridgehead atoms. The molecule has 0 saturated carbocycles. The van der Waals surface area contributed by atoms with E-state index in [0.717, 1.165) is 6.54 Å². The topological polar surface area (TPSA) is 47.6 Å². The van der Waals surface area contributed by atoms with E-state index in [4.69, 9.17) is 9.47 Å². The fraction of sp³-hybridized carbons (Fsp3) is 0.889. The van der Waals surface area contributed by atoms with Crippen molar-refractivity contribution in [3.8, 4) is 0 Å². The van der Waals surface area contributed by atoms with Gasteiger partial charge >= 0.3 is 5.97 Å². The first kappa shape index (κ1) is 12.4. The van der Waals surface area contributed by atoms with E-state index in [-0.39, 0.29) is 12.1 Å².